The highest BCUT2D eigenvalue weighted by molar-refractivity contribution is 9.10. The Balaban J connectivity index is 1.31. The maximum Gasteiger partial charge on any atom is 0.251 e. The van der Waals surface area contributed by atoms with Gasteiger partial charge in [0.25, 0.3) is 5.91 Å². The van der Waals surface area contributed by atoms with Crippen LogP contribution in [0.15, 0.2) is 65.7 Å². The maximum atomic E-state index is 12.4. The summed E-state index contributed by atoms with van der Waals surface area (Å²) in [6, 6.07) is 15.7. The summed E-state index contributed by atoms with van der Waals surface area (Å²) < 4.78 is 2.75. The number of hydrogen-bond acceptors (Lipinski definition) is 4. The van der Waals surface area contributed by atoms with Crippen LogP contribution in [-0.2, 0) is 0 Å². The van der Waals surface area contributed by atoms with E-state index in [9.17, 15) is 4.79 Å². The van der Waals surface area contributed by atoms with Crippen molar-refractivity contribution in [2.24, 2.45) is 5.92 Å². The molecule has 0 spiro atoms. The Morgan fingerprint density at radius 1 is 1.19 bits per heavy atom. The van der Waals surface area contributed by atoms with Crippen molar-refractivity contribution in [2.45, 2.75) is 6.42 Å². The van der Waals surface area contributed by atoms with Crippen molar-refractivity contribution >= 4 is 27.5 Å². The number of carbonyl (C=O) groups is 1. The SMILES string of the molecule is O=C(NCC1CCN(c2cccc(Br)c2)C1)c1ccc(-n2cncn2)cc1. The molecule has 27 heavy (non-hydrogen) atoms. The van der Waals surface area contributed by atoms with Crippen LogP contribution >= 0.6 is 15.9 Å². The zero-order valence-corrected chi connectivity index (χ0v) is 16.3. The monoisotopic (exact) mass is 425 g/mol. The highest BCUT2D eigenvalue weighted by Gasteiger charge is 2.23. The van der Waals surface area contributed by atoms with Crippen molar-refractivity contribution < 1.29 is 4.79 Å². The smallest absolute Gasteiger partial charge is 0.251 e. The number of nitrogens with one attached hydrogen (secondary N) is 1. The van der Waals surface area contributed by atoms with Gasteiger partial charge >= 0.3 is 0 Å². The summed E-state index contributed by atoms with van der Waals surface area (Å²) in [6.07, 6.45) is 4.20. The number of rotatable bonds is 5. The molecular weight excluding hydrogens is 406 g/mol. The van der Waals surface area contributed by atoms with E-state index >= 15 is 0 Å². The number of carbonyl (C=O) groups excluding carboxylic acids is 1. The number of halogens is 1. The number of nitrogens with zero attached hydrogens (tertiary/aromatic N) is 4. The number of aromatic nitrogens is 3. The lowest BCUT2D eigenvalue weighted by Gasteiger charge is -2.19. The number of anilines is 1. The predicted molar refractivity (Wildman–Crippen MR) is 108 cm³/mol. The molecule has 6 nitrogen and oxygen atoms in total. The third-order valence-electron chi connectivity index (χ3n) is 4.82. The summed E-state index contributed by atoms with van der Waals surface area (Å²) in [5.41, 5.74) is 2.76. The summed E-state index contributed by atoms with van der Waals surface area (Å²) in [5.74, 6) is 0.420. The molecule has 1 amide bonds. The van der Waals surface area contributed by atoms with Gasteiger partial charge in [-0.1, -0.05) is 22.0 Å². The average molecular weight is 426 g/mol. The largest absolute Gasteiger partial charge is 0.371 e. The van der Waals surface area contributed by atoms with Crippen molar-refractivity contribution in [2.75, 3.05) is 24.5 Å². The zero-order chi connectivity index (χ0) is 18.6. The molecule has 4 rings (SSSR count). The first kappa shape index (κ1) is 17.7. The normalized spacial score (nSPS) is 16.5. The van der Waals surface area contributed by atoms with Crippen LogP contribution < -0.4 is 10.2 Å². The summed E-state index contributed by atoms with van der Waals surface area (Å²) in [4.78, 5) is 18.7. The second kappa shape index (κ2) is 7.92. The van der Waals surface area contributed by atoms with Crippen LogP contribution in [0.5, 0.6) is 0 Å². The van der Waals surface area contributed by atoms with Crippen LogP contribution in [-0.4, -0.2) is 40.3 Å². The second-order valence-electron chi connectivity index (χ2n) is 6.68. The molecule has 1 fully saturated rings. The minimum absolute atomic E-state index is 0.0407. The average Bonchev–Trinajstić information content (AvgIpc) is 3.38. The molecule has 0 bridgehead atoms. The lowest BCUT2D eigenvalue weighted by Crippen LogP contribution is -2.31. The summed E-state index contributed by atoms with van der Waals surface area (Å²) in [7, 11) is 0. The van der Waals surface area contributed by atoms with Crippen molar-refractivity contribution in [3.05, 3.63) is 71.2 Å². The standard InChI is InChI=1S/C20H20BrN5O/c21-17-2-1-3-19(10-17)25-9-8-15(12-25)11-23-20(27)16-4-6-18(7-5-16)26-14-22-13-24-26/h1-7,10,13-15H,8-9,11-12H2,(H,23,27). The topological polar surface area (TPSA) is 63.1 Å². The summed E-state index contributed by atoms with van der Waals surface area (Å²) >= 11 is 3.53. The Labute approximate surface area is 166 Å². The molecule has 1 aliphatic heterocycles. The van der Waals surface area contributed by atoms with E-state index in [0.29, 0.717) is 18.0 Å². The first-order valence-electron chi connectivity index (χ1n) is 8.93. The Hall–Kier alpha value is -2.67. The molecular formula is C20H20BrN5O. The van der Waals surface area contributed by atoms with Crippen LogP contribution in [0.3, 0.4) is 0 Å². The van der Waals surface area contributed by atoms with E-state index < -0.39 is 0 Å². The molecule has 1 aliphatic rings. The highest BCUT2D eigenvalue weighted by Crippen LogP contribution is 2.26. The molecule has 0 saturated carbocycles. The van der Waals surface area contributed by atoms with Crippen molar-refractivity contribution in [1.29, 1.82) is 0 Å². The van der Waals surface area contributed by atoms with Gasteiger partial charge in [-0.05, 0) is 54.8 Å². The van der Waals surface area contributed by atoms with Crippen LogP contribution in [0.25, 0.3) is 5.69 Å². The highest BCUT2D eigenvalue weighted by atomic mass is 79.9. The molecule has 2 heterocycles. The molecule has 0 aliphatic carbocycles. The van der Waals surface area contributed by atoms with Crippen LogP contribution in [0.4, 0.5) is 5.69 Å². The minimum Gasteiger partial charge on any atom is -0.371 e. The first-order chi connectivity index (χ1) is 13.2. The lowest BCUT2D eigenvalue weighted by molar-refractivity contribution is 0.0948. The van der Waals surface area contributed by atoms with Crippen molar-refractivity contribution in [3.8, 4) is 5.69 Å². The molecule has 1 atom stereocenters. The van der Waals surface area contributed by atoms with Gasteiger partial charge < -0.3 is 10.2 Å². The van der Waals surface area contributed by atoms with E-state index in [-0.39, 0.29) is 5.91 Å². The van der Waals surface area contributed by atoms with E-state index in [2.05, 4.69) is 54.4 Å². The van der Waals surface area contributed by atoms with E-state index in [0.717, 1.165) is 29.7 Å². The Morgan fingerprint density at radius 2 is 2.04 bits per heavy atom. The lowest BCUT2D eigenvalue weighted by atomic mass is 10.1. The fourth-order valence-corrected chi connectivity index (χ4v) is 3.74. The van der Waals surface area contributed by atoms with Crippen molar-refractivity contribution in [1.82, 2.24) is 20.1 Å². The fraction of sp³-hybridized carbons (Fsp3) is 0.250. The Bertz CT molecular complexity index is 910. The van der Waals surface area contributed by atoms with Gasteiger partial charge in [0.2, 0.25) is 0 Å². The van der Waals surface area contributed by atoms with Gasteiger partial charge in [0, 0.05) is 35.4 Å². The molecule has 138 valence electrons. The minimum atomic E-state index is -0.0407. The summed E-state index contributed by atoms with van der Waals surface area (Å²) in [6.45, 7) is 2.67. The van der Waals surface area contributed by atoms with Gasteiger partial charge in [-0.15, -0.1) is 0 Å². The van der Waals surface area contributed by atoms with E-state index in [1.165, 1.54) is 12.0 Å². The van der Waals surface area contributed by atoms with E-state index in [1.807, 2.05) is 30.3 Å². The molecule has 1 N–H and O–H groups in total. The van der Waals surface area contributed by atoms with Gasteiger partial charge in [-0.2, -0.15) is 5.10 Å². The fourth-order valence-electron chi connectivity index (χ4n) is 3.35. The molecule has 7 heteroatoms. The molecule has 1 unspecified atom stereocenters. The molecule has 1 saturated heterocycles. The van der Waals surface area contributed by atoms with E-state index in [4.69, 9.17) is 0 Å². The van der Waals surface area contributed by atoms with Gasteiger partial charge in [0.05, 0.1) is 5.69 Å². The quantitative estimate of drug-likeness (QED) is 0.680. The van der Waals surface area contributed by atoms with Gasteiger partial charge in [0.15, 0.2) is 0 Å². The predicted octanol–water partition coefficient (Wildman–Crippen LogP) is 3.29. The van der Waals surface area contributed by atoms with E-state index in [1.54, 1.807) is 11.0 Å². The number of hydrogen-bond donors (Lipinski definition) is 1. The third kappa shape index (κ3) is 4.19. The molecule has 2 aromatic carbocycles. The number of amides is 1. The van der Waals surface area contributed by atoms with Crippen molar-refractivity contribution in [3.63, 3.8) is 0 Å². The molecule has 3 aromatic rings. The van der Waals surface area contributed by atoms with Crippen LogP contribution in [0.2, 0.25) is 0 Å². The Kier molecular flexibility index (Phi) is 5.20. The van der Waals surface area contributed by atoms with Gasteiger partial charge in [0.1, 0.15) is 12.7 Å². The number of benzene rings is 2. The molecule has 1 aromatic heterocycles. The zero-order valence-electron chi connectivity index (χ0n) is 14.8. The third-order valence-corrected chi connectivity index (χ3v) is 5.32. The summed E-state index contributed by atoms with van der Waals surface area (Å²) in [5, 5.41) is 7.15. The Morgan fingerprint density at radius 3 is 2.78 bits per heavy atom. The van der Waals surface area contributed by atoms with Crippen LogP contribution in [0.1, 0.15) is 16.8 Å². The van der Waals surface area contributed by atoms with Gasteiger partial charge in [-0.3, -0.25) is 4.79 Å². The van der Waals surface area contributed by atoms with Gasteiger partial charge in [-0.25, -0.2) is 9.67 Å². The first-order valence-corrected chi connectivity index (χ1v) is 9.72. The maximum absolute atomic E-state index is 12.4. The van der Waals surface area contributed by atoms with Crippen LogP contribution in [0, 0.1) is 5.92 Å². The molecule has 0 radical (unpaired) electrons. The second-order valence-corrected chi connectivity index (χ2v) is 7.59.